The first-order chi connectivity index (χ1) is 7.49. The van der Waals surface area contributed by atoms with Gasteiger partial charge in [-0.2, -0.15) is 13.2 Å². The monoisotopic (exact) mass is 228 g/mol. The van der Waals surface area contributed by atoms with Crippen molar-refractivity contribution in [2.45, 2.75) is 6.18 Å². The first-order valence-electron chi connectivity index (χ1n) is 4.19. The lowest BCUT2D eigenvalue weighted by Gasteiger charge is -2.11. The molecule has 0 aliphatic heterocycles. The van der Waals surface area contributed by atoms with Crippen LogP contribution < -0.4 is 4.74 Å². The Morgan fingerprint density at radius 3 is 2.56 bits per heavy atom. The predicted octanol–water partition coefficient (Wildman–Crippen LogP) is 2.26. The van der Waals surface area contributed by atoms with Gasteiger partial charge in [0.25, 0.3) is 0 Å². The second-order valence-corrected chi connectivity index (χ2v) is 2.80. The van der Waals surface area contributed by atoms with E-state index in [9.17, 15) is 18.0 Å². The standard InChI is InChI=1S/C11H7F3O2/c1-16-10-5-4-8(3-2-6-15)7-9(10)11(12,13)14/h4-7H,1H3. The first kappa shape index (κ1) is 12.1. The molecule has 16 heavy (non-hydrogen) atoms. The molecule has 0 heterocycles. The van der Waals surface area contributed by atoms with Gasteiger partial charge in [-0.3, -0.25) is 4.79 Å². The molecule has 1 aromatic rings. The summed E-state index contributed by atoms with van der Waals surface area (Å²) in [5.74, 6) is 4.05. The smallest absolute Gasteiger partial charge is 0.420 e. The van der Waals surface area contributed by atoms with E-state index in [1.807, 2.05) is 5.92 Å². The molecule has 0 radical (unpaired) electrons. The summed E-state index contributed by atoms with van der Waals surface area (Å²) in [6.07, 6.45) is -4.19. The average molecular weight is 228 g/mol. The van der Waals surface area contributed by atoms with Crippen molar-refractivity contribution in [1.82, 2.24) is 0 Å². The second-order valence-electron chi connectivity index (χ2n) is 2.80. The van der Waals surface area contributed by atoms with Crippen LogP contribution in [0.25, 0.3) is 0 Å². The molecule has 0 aromatic heterocycles. The molecule has 0 aliphatic carbocycles. The maximum absolute atomic E-state index is 12.5. The normalized spacial score (nSPS) is 10.2. The lowest BCUT2D eigenvalue weighted by Crippen LogP contribution is -2.07. The van der Waals surface area contributed by atoms with Crippen molar-refractivity contribution < 1.29 is 22.7 Å². The van der Waals surface area contributed by atoms with Crippen molar-refractivity contribution in [2.75, 3.05) is 7.11 Å². The molecule has 0 aliphatic rings. The van der Waals surface area contributed by atoms with Gasteiger partial charge in [-0.15, -0.1) is 0 Å². The van der Waals surface area contributed by atoms with Crippen LogP contribution in [0.15, 0.2) is 18.2 Å². The minimum atomic E-state index is -4.51. The Morgan fingerprint density at radius 2 is 2.06 bits per heavy atom. The number of alkyl halides is 3. The van der Waals surface area contributed by atoms with E-state index < -0.39 is 11.7 Å². The van der Waals surface area contributed by atoms with Crippen LogP contribution in [0.5, 0.6) is 5.75 Å². The van der Waals surface area contributed by atoms with Gasteiger partial charge in [-0.05, 0) is 24.1 Å². The molecular weight excluding hydrogens is 221 g/mol. The van der Waals surface area contributed by atoms with E-state index in [4.69, 9.17) is 0 Å². The average Bonchev–Trinajstić information content (AvgIpc) is 2.24. The molecule has 0 bridgehead atoms. The number of hydrogen-bond acceptors (Lipinski definition) is 2. The quantitative estimate of drug-likeness (QED) is 0.544. The summed E-state index contributed by atoms with van der Waals surface area (Å²) in [6, 6.07) is 3.36. The maximum Gasteiger partial charge on any atom is 0.420 e. The highest BCUT2D eigenvalue weighted by atomic mass is 19.4. The van der Waals surface area contributed by atoms with E-state index in [1.165, 1.54) is 6.07 Å². The molecule has 1 aromatic carbocycles. The number of rotatable bonds is 1. The third-order valence-electron chi connectivity index (χ3n) is 1.78. The zero-order valence-corrected chi connectivity index (χ0v) is 8.26. The Balaban J connectivity index is 3.27. The van der Waals surface area contributed by atoms with Gasteiger partial charge < -0.3 is 4.74 Å². The van der Waals surface area contributed by atoms with Crippen molar-refractivity contribution in [1.29, 1.82) is 0 Å². The Labute approximate surface area is 90.0 Å². The highest BCUT2D eigenvalue weighted by Gasteiger charge is 2.34. The second kappa shape index (κ2) is 4.71. The molecule has 2 nitrogen and oxygen atoms in total. The van der Waals surface area contributed by atoms with Crippen LogP contribution in [0, 0.1) is 11.8 Å². The Morgan fingerprint density at radius 1 is 1.38 bits per heavy atom. The van der Waals surface area contributed by atoms with Crippen molar-refractivity contribution in [2.24, 2.45) is 0 Å². The number of methoxy groups -OCH3 is 1. The highest BCUT2D eigenvalue weighted by Crippen LogP contribution is 2.36. The van der Waals surface area contributed by atoms with E-state index >= 15 is 0 Å². The number of benzene rings is 1. The molecule has 0 unspecified atom stereocenters. The van der Waals surface area contributed by atoms with E-state index in [0.29, 0.717) is 6.29 Å². The lowest BCUT2D eigenvalue weighted by atomic mass is 10.1. The summed E-state index contributed by atoms with van der Waals surface area (Å²) in [7, 11) is 1.15. The first-order valence-corrected chi connectivity index (χ1v) is 4.19. The Hall–Kier alpha value is -1.96. The minimum absolute atomic E-state index is 0.111. The van der Waals surface area contributed by atoms with Gasteiger partial charge >= 0.3 is 6.18 Å². The van der Waals surface area contributed by atoms with Gasteiger partial charge in [-0.25, -0.2) is 0 Å². The van der Waals surface area contributed by atoms with Gasteiger partial charge in [0.2, 0.25) is 0 Å². The van der Waals surface area contributed by atoms with Crippen molar-refractivity contribution in [3.8, 4) is 17.6 Å². The molecule has 5 heteroatoms. The zero-order valence-electron chi connectivity index (χ0n) is 8.26. The molecule has 0 atom stereocenters. The molecule has 0 saturated heterocycles. The molecule has 0 N–H and O–H groups in total. The number of halogens is 3. The van der Waals surface area contributed by atoms with Crippen LogP contribution in [0.3, 0.4) is 0 Å². The third-order valence-corrected chi connectivity index (χ3v) is 1.78. The van der Waals surface area contributed by atoms with Crippen molar-refractivity contribution in [3.63, 3.8) is 0 Å². The van der Waals surface area contributed by atoms with Gasteiger partial charge in [0.1, 0.15) is 5.75 Å². The molecular formula is C11H7F3O2. The van der Waals surface area contributed by atoms with E-state index in [1.54, 1.807) is 0 Å². The maximum atomic E-state index is 12.5. The summed E-state index contributed by atoms with van der Waals surface area (Å²) in [6.45, 7) is 0. The molecule has 84 valence electrons. The molecule has 0 amide bonds. The van der Waals surface area contributed by atoms with E-state index in [-0.39, 0.29) is 11.3 Å². The number of aldehydes is 1. The van der Waals surface area contributed by atoms with Crippen molar-refractivity contribution >= 4 is 6.29 Å². The predicted molar refractivity (Wildman–Crippen MR) is 50.9 cm³/mol. The minimum Gasteiger partial charge on any atom is -0.496 e. The summed E-state index contributed by atoms with van der Waals surface area (Å²) in [5, 5.41) is 0. The molecule has 0 spiro atoms. The van der Waals surface area contributed by atoms with Crippen LogP contribution in [0.1, 0.15) is 11.1 Å². The summed E-state index contributed by atoms with van der Waals surface area (Å²) in [4.78, 5) is 9.96. The fraction of sp³-hybridized carbons (Fsp3) is 0.182. The van der Waals surface area contributed by atoms with Gasteiger partial charge in [0, 0.05) is 5.56 Å². The van der Waals surface area contributed by atoms with Gasteiger partial charge in [-0.1, -0.05) is 5.92 Å². The Kier molecular flexibility index (Phi) is 3.56. The SMILES string of the molecule is COc1ccc(C#CC=O)cc1C(F)(F)F. The zero-order chi connectivity index (χ0) is 12.2. The van der Waals surface area contributed by atoms with Crippen LogP contribution in [-0.4, -0.2) is 13.4 Å². The number of carbonyl (C=O) groups is 1. The van der Waals surface area contributed by atoms with E-state index in [0.717, 1.165) is 19.2 Å². The lowest BCUT2D eigenvalue weighted by molar-refractivity contribution is -0.138. The Bertz CT molecular complexity index is 453. The summed E-state index contributed by atoms with van der Waals surface area (Å²) < 4.78 is 42.2. The number of ether oxygens (including phenoxy) is 1. The van der Waals surface area contributed by atoms with E-state index in [2.05, 4.69) is 10.7 Å². The molecule has 0 fully saturated rings. The topological polar surface area (TPSA) is 26.3 Å². The van der Waals surface area contributed by atoms with Crippen molar-refractivity contribution in [3.05, 3.63) is 29.3 Å². The number of carbonyl (C=O) groups excluding carboxylic acids is 1. The fourth-order valence-electron chi connectivity index (χ4n) is 1.12. The van der Waals surface area contributed by atoms with Crippen LogP contribution in [0.4, 0.5) is 13.2 Å². The van der Waals surface area contributed by atoms with Gasteiger partial charge in [0.05, 0.1) is 12.7 Å². The summed E-state index contributed by atoms with van der Waals surface area (Å²) in [5.41, 5.74) is -0.798. The van der Waals surface area contributed by atoms with Gasteiger partial charge in [0.15, 0.2) is 6.29 Å². The highest BCUT2D eigenvalue weighted by molar-refractivity contribution is 5.74. The van der Waals surface area contributed by atoms with Crippen LogP contribution in [0.2, 0.25) is 0 Å². The molecule has 1 rings (SSSR count). The summed E-state index contributed by atoms with van der Waals surface area (Å²) >= 11 is 0. The van der Waals surface area contributed by atoms with Crippen LogP contribution in [-0.2, 0) is 11.0 Å². The van der Waals surface area contributed by atoms with Crippen LogP contribution >= 0.6 is 0 Å². The third kappa shape index (κ3) is 2.76. The fourth-order valence-corrected chi connectivity index (χ4v) is 1.12. The number of hydrogen-bond donors (Lipinski definition) is 0. The largest absolute Gasteiger partial charge is 0.496 e. The molecule has 0 saturated carbocycles.